The molecule has 0 aromatic carbocycles. The zero-order valence-electron chi connectivity index (χ0n) is 9.72. The summed E-state index contributed by atoms with van der Waals surface area (Å²) in [6.07, 6.45) is 0.447. The standard InChI is InChI=1S/C9H20N2O4S/c1-3-11(4-2)16(14,15)7-5-6-8(10)9(12)13/h8H,3-7,10H2,1-2H3,(H,12,13). The highest BCUT2D eigenvalue weighted by Crippen LogP contribution is 2.05. The van der Waals surface area contributed by atoms with Crippen LogP contribution < -0.4 is 5.73 Å². The van der Waals surface area contributed by atoms with E-state index in [1.165, 1.54) is 4.31 Å². The smallest absolute Gasteiger partial charge is 0.320 e. The lowest BCUT2D eigenvalue weighted by atomic mass is 10.2. The maximum absolute atomic E-state index is 11.7. The number of aliphatic carboxylic acids is 1. The van der Waals surface area contributed by atoms with Crippen molar-refractivity contribution in [1.29, 1.82) is 0 Å². The predicted molar refractivity (Wildman–Crippen MR) is 61.6 cm³/mol. The van der Waals surface area contributed by atoms with Crippen molar-refractivity contribution in [2.24, 2.45) is 5.73 Å². The number of hydrogen-bond acceptors (Lipinski definition) is 4. The van der Waals surface area contributed by atoms with Crippen LogP contribution in [0, 0.1) is 0 Å². The minimum Gasteiger partial charge on any atom is -0.480 e. The van der Waals surface area contributed by atoms with Crippen LogP contribution in [0.1, 0.15) is 26.7 Å². The average molecular weight is 252 g/mol. The van der Waals surface area contributed by atoms with Gasteiger partial charge in [-0.05, 0) is 12.8 Å². The third kappa shape index (κ3) is 4.91. The fraction of sp³-hybridized carbons (Fsp3) is 0.889. The number of nitrogens with zero attached hydrogens (tertiary/aromatic N) is 1. The minimum absolute atomic E-state index is 0.0460. The number of carbonyl (C=O) groups is 1. The Morgan fingerprint density at radius 2 is 1.88 bits per heavy atom. The Balaban J connectivity index is 4.15. The normalized spacial score (nSPS) is 14.0. The highest BCUT2D eigenvalue weighted by molar-refractivity contribution is 7.89. The van der Waals surface area contributed by atoms with Crippen LogP contribution >= 0.6 is 0 Å². The molecule has 0 aromatic rings. The van der Waals surface area contributed by atoms with Gasteiger partial charge < -0.3 is 10.8 Å². The molecule has 0 aromatic heterocycles. The van der Waals surface area contributed by atoms with Gasteiger partial charge in [-0.25, -0.2) is 12.7 Å². The largest absolute Gasteiger partial charge is 0.480 e. The molecule has 0 amide bonds. The van der Waals surface area contributed by atoms with Gasteiger partial charge in [0, 0.05) is 13.1 Å². The maximum Gasteiger partial charge on any atom is 0.320 e. The second-order valence-corrected chi connectivity index (χ2v) is 5.58. The molecule has 7 heteroatoms. The number of rotatable bonds is 8. The Hall–Kier alpha value is -0.660. The summed E-state index contributed by atoms with van der Waals surface area (Å²) in [5.41, 5.74) is 5.28. The minimum atomic E-state index is -3.26. The van der Waals surface area contributed by atoms with Gasteiger partial charge in [-0.3, -0.25) is 4.79 Å². The highest BCUT2D eigenvalue weighted by Gasteiger charge is 2.19. The van der Waals surface area contributed by atoms with Gasteiger partial charge in [0.05, 0.1) is 5.75 Å². The first-order valence-corrected chi connectivity index (χ1v) is 6.92. The summed E-state index contributed by atoms with van der Waals surface area (Å²) >= 11 is 0. The lowest BCUT2D eigenvalue weighted by Gasteiger charge is -2.18. The van der Waals surface area contributed by atoms with E-state index in [1.54, 1.807) is 13.8 Å². The second-order valence-electron chi connectivity index (χ2n) is 3.49. The van der Waals surface area contributed by atoms with E-state index >= 15 is 0 Å². The van der Waals surface area contributed by atoms with E-state index in [4.69, 9.17) is 10.8 Å². The zero-order valence-corrected chi connectivity index (χ0v) is 10.5. The summed E-state index contributed by atoms with van der Waals surface area (Å²) in [6.45, 7) is 4.40. The molecule has 0 saturated heterocycles. The van der Waals surface area contributed by atoms with Crippen molar-refractivity contribution in [3.63, 3.8) is 0 Å². The van der Waals surface area contributed by atoms with Gasteiger partial charge in [-0.15, -0.1) is 0 Å². The van der Waals surface area contributed by atoms with Gasteiger partial charge in [0.1, 0.15) is 6.04 Å². The molecule has 0 aliphatic carbocycles. The predicted octanol–water partition coefficient (Wildman–Crippen LogP) is -0.150. The molecule has 0 heterocycles. The van der Waals surface area contributed by atoms with E-state index in [1.807, 2.05) is 0 Å². The van der Waals surface area contributed by atoms with Crippen molar-refractivity contribution in [2.75, 3.05) is 18.8 Å². The molecule has 0 fully saturated rings. The van der Waals surface area contributed by atoms with Gasteiger partial charge in [0.15, 0.2) is 0 Å². The number of carboxylic acids is 1. The molecule has 96 valence electrons. The number of nitrogens with two attached hydrogens (primary N) is 1. The Bertz CT molecular complexity index is 311. The van der Waals surface area contributed by atoms with Gasteiger partial charge >= 0.3 is 5.97 Å². The molecule has 0 saturated carbocycles. The SMILES string of the molecule is CCN(CC)S(=O)(=O)CCCC(N)C(=O)O. The molecule has 0 rings (SSSR count). The van der Waals surface area contributed by atoms with Crippen molar-refractivity contribution < 1.29 is 18.3 Å². The van der Waals surface area contributed by atoms with Gasteiger partial charge in [-0.2, -0.15) is 0 Å². The monoisotopic (exact) mass is 252 g/mol. The van der Waals surface area contributed by atoms with Crippen molar-refractivity contribution in [3.05, 3.63) is 0 Å². The summed E-state index contributed by atoms with van der Waals surface area (Å²) in [7, 11) is -3.26. The molecule has 6 nitrogen and oxygen atoms in total. The van der Waals surface area contributed by atoms with Crippen LogP contribution in [0.15, 0.2) is 0 Å². The first-order valence-electron chi connectivity index (χ1n) is 5.31. The van der Waals surface area contributed by atoms with Crippen molar-refractivity contribution in [2.45, 2.75) is 32.7 Å². The van der Waals surface area contributed by atoms with Crippen LogP contribution in [-0.2, 0) is 14.8 Å². The van der Waals surface area contributed by atoms with Crippen LogP contribution in [0.5, 0.6) is 0 Å². The summed E-state index contributed by atoms with van der Waals surface area (Å²) in [5.74, 6) is -1.14. The summed E-state index contributed by atoms with van der Waals surface area (Å²) in [5, 5.41) is 8.53. The van der Waals surface area contributed by atoms with Crippen molar-refractivity contribution in [1.82, 2.24) is 4.31 Å². The molecular formula is C9H20N2O4S. The maximum atomic E-state index is 11.7. The van der Waals surface area contributed by atoms with E-state index in [2.05, 4.69) is 0 Å². The Morgan fingerprint density at radius 3 is 2.25 bits per heavy atom. The average Bonchev–Trinajstić information content (AvgIpc) is 2.18. The number of hydrogen-bond donors (Lipinski definition) is 2. The van der Waals surface area contributed by atoms with Gasteiger partial charge in [0.25, 0.3) is 0 Å². The van der Waals surface area contributed by atoms with Crippen LogP contribution in [0.2, 0.25) is 0 Å². The first kappa shape index (κ1) is 15.3. The lowest BCUT2D eigenvalue weighted by Crippen LogP contribution is -2.34. The van der Waals surface area contributed by atoms with E-state index < -0.39 is 22.0 Å². The molecular weight excluding hydrogens is 232 g/mol. The first-order chi connectivity index (χ1) is 7.35. The van der Waals surface area contributed by atoms with Crippen LogP contribution in [0.25, 0.3) is 0 Å². The molecule has 1 atom stereocenters. The van der Waals surface area contributed by atoms with Crippen molar-refractivity contribution >= 4 is 16.0 Å². The lowest BCUT2D eigenvalue weighted by molar-refractivity contribution is -0.138. The Kier molecular flexibility index (Phi) is 6.54. The van der Waals surface area contributed by atoms with E-state index in [-0.39, 0.29) is 18.6 Å². The summed E-state index contributed by atoms with van der Waals surface area (Å²) in [4.78, 5) is 10.4. The second kappa shape index (κ2) is 6.82. The van der Waals surface area contributed by atoms with Crippen molar-refractivity contribution in [3.8, 4) is 0 Å². The van der Waals surface area contributed by atoms with Crippen LogP contribution in [0.3, 0.4) is 0 Å². The fourth-order valence-corrected chi connectivity index (χ4v) is 2.93. The van der Waals surface area contributed by atoms with Gasteiger partial charge in [-0.1, -0.05) is 13.8 Å². The van der Waals surface area contributed by atoms with Crippen LogP contribution in [-0.4, -0.2) is 48.7 Å². The molecule has 16 heavy (non-hydrogen) atoms. The Morgan fingerprint density at radius 1 is 1.38 bits per heavy atom. The Labute approximate surface area is 96.5 Å². The zero-order chi connectivity index (χ0) is 12.8. The van der Waals surface area contributed by atoms with E-state index in [0.29, 0.717) is 13.1 Å². The third-order valence-corrected chi connectivity index (χ3v) is 4.44. The molecule has 0 bridgehead atoms. The topological polar surface area (TPSA) is 101 Å². The van der Waals surface area contributed by atoms with E-state index in [0.717, 1.165) is 0 Å². The molecule has 1 unspecified atom stereocenters. The van der Waals surface area contributed by atoms with Gasteiger partial charge in [0.2, 0.25) is 10.0 Å². The third-order valence-electron chi connectivity index (χ3n) is 2.33. The quantitative estimate of drug-likeness (QED) is 0.625. The molecule has 0 aliphatic rings. The van der Waals surface area contributed by atoms with Crippen LogP contribution in [0.4, 0.5) is 0 Å². The fourth-order valence-electron chi connectivity index (χ4n) is 1.36. The number of sulfonamides is 1. The molecule has 0 aliphatic heterocycles. The highest BCUT2D eigenvalue weighted by atomic mass is 32.2. The summed E-state index contributed by atoms with van der Waals surface area (Å²) in [6, 6.07) is -0.980. The number of carboxylic acid groups (broad SMARTS) is 1. The molecule has 3 N–H and O–H groups in total. The molecule has 0 radical (unpaired) electrons. The summed E-state index contributed by atoms with van der Waals surface area (Å²) < 4.78 is 24.7. The van der Waals surface area contributed by atoms with E-state index in [9.17, 15) is 13.2 Å². The molecule has 0 spiro atoms.